The topological polar surface area (TPSA) is 61.4 Å². The number of halogens is 1. The van der Waals surface area contributed by atoms with Gasteiger partial charge < -0.3 is 15.5 Å². The molecule has 2 rings (SSSR count). The van der Waals surface area contributed by atoms with Gasteiger partial charge in [0.2, 0.25) is 5.91 Å². The van der Waals surface area contributed by atoms with E-state index >= 15 is 0 Å². The zero-order chi connectivity index (χ0) is 18.2. The zero-order valence-corrected chi connectivity index (χ0v) is 14.4. The minimum absolute atomic E-state index is 0.0200. The molecule has 3 amide bonds. The lowest BCUT2D eigenvalue weighted by atomic mass is 10.1. The van der Waals surface area contributed by atoms with Gasteiger partial charge in [-0.2, -0.15) is 0 Å². The first-order chi connectivity index (χ1) is 12.0. The second-order valence-electron chi connectivity index (χ2n) is 5.88. The summed E-state index contributed by atoms with van der Waals surface area (Å²) < 4.78 is 13.5. The number of hydrogen-bond acceptors (Lipinski definition) is 2. The molecule has 0 heterocycles. The van der Waals surface area contributed by atoms with Crippen LogP contribution in [0, 0.1) is 5.82 Å². The Kier molecular flexibility index (Phi) is 6.51. The SMILES string of the molecule is CN(C)C(=O)Cc1ccc(NC(=O)NCCc2ccccc2F)cc1. The Hall–Kier alpha value is -2.89. The highest BCUT2D eigenvalue weighted by Gasteiger charge is 2.07. The van der Waals surface area contributed by atoms with Crippen molar-refractivity contribution in [2.24, 2.45) is 0 Å². The summed E-state index contributed by atoms with van der Waals surface area (Å²) in [4.78, 5) is 25.1. The molecule has 0 bridgehead atoms. The van der Waals surface area contributed by atoms with E-state index in [1.54, 1.807) is 56.6 Å². The van der Waals surface area contributed by atoms with Crippen LogP contribution in [-0.2, 0) is 17.6 Å². The number of carbonyl (C=O) groups is 2. The van der Waals surface area contributed by atoms with Gasteiger partial charge in [-0.3, -0.25) is 4.79 Å². The van der Waals surface area contributed by atoms with Crippen LogP contribution >= 0.6 is 0 Å². The van der Waals surface area contributed by atoms with Crippen molar-refractivity contribution < 1.29 is 14.0 Å². The van der Waals surface area contributed by atoms with Crippen LogP contribution in [0.15, 0.2) is 48.5 Å². The highest BCUT2D eigenvalue weighted by molar-refractivity contribution is 5.89. The van der Waals surface area contributed by atoms with Crippen molar-refractivity contribution >= 4 is 17.6 Å². The monoisotopic (exact) mass is 343 g/mol. The standard InChI is InChI=1S/C19H22FN3O2/c1-23(2)18(24)13-14-7-9-16(10-8-14)22-19(25)21-12-11-15-5-3-4-6-17(15)20/h3-10H,11-13H2,1-2H3,(H2,21,22,25). The zero-order valence-electron chi connectivity index (χ0n) is 14.4. The maximum Gasteiger partial charge on any atom is 0.319 e. The number of urea groups is 1. The molecule has 0 radical (unpaired) electrons. The molecule has 6 heteroatoms. The van der Waals surface area contributed by atoms with E-state index in [-0.39, 0.29) is 17.8 Å². The van der Waals surface area contributed by atoms with E-state index in [1.165, 1.54) is 11.0 Å². The predicted octanol–water partition coefficient (Wildman–Crippen LogP) is 2.82. The molecular formula is C19H22FN3O2. The fourth-order valence-electron chi connectivity index (χ4n) is 2.23. The summed E-state index contributed by atoms with van der Waals surface area (Å²) in [5.41, 5.74) is 2.08. The van der Waals surface area contributed by atoms with Crippen LogP contribution in [0.4, 0.5) is 14.9 Å². The maximum absolute atomic E-state index is 13.5. The predicted molar refractivity (Wildman–Crippen MR) is 96.0 cm³/mol. The smallest absolute Gasteiger partial charge is 0.319 e. The summed E-state index contributed by atoms with van der Waals surface area (Å²) in [6, 6.07) is 13.2. The van der Waals surface area contributed by atoms with Crippen LogP contribution in [0.2, 0.25) is 0 Å². The average molecular weight is 343 g/mol. The Bertz CT molecular complexity index is 730. The van der Waals surface area contributed by atoms with E-state index in [0.717, 1.165) is 5.56 Å². The van der Waals surface area contributed by atoms with Gasteiger partial charge in [0, 0.05) is 26.3 Å². The summed E-state index contributed by atoms with van der Waals surface area (Å²) in [5, 5.41) is 5.40. The Morgan fingerprint density at radius 1 is 1.04 bits per heavy atom. The van der Waals surface area contributed by atoms with Crippen LogP contribution in [0.5, 0.6) is 0 Å². The van der Waals surface area contributed by atoms with Gasteiger partial charge in [-0.05, 0) is 35.7 Å². The normalized spacial score (nSPS) is 10.2. The van der Waals surface area contributed by atoms with E-state index in [1.807, 2.05) is 0 Å². The lowest BCUT2D eigenvalue weighted by molar-refractivity contribution is -0.127. The number of anilines is 1. The summed E-state index contributed by atoms with van der Waals surface area (Å²) in [6.45, 7) is 0.336. The molecule has 0 fully saturated rings. The van der Waals surface area contributed by atoms with E-state index in [9.17, 15) is 14.0 Å². The number of likely N-dealkylation sites (N-methyl/N-ethyl adjacent to an activating group) is 1. The quantitative estimate of drug-likeness (QED) is 0.847. The number of amides is 3. The summed E-state index contributed by atoms with van der Waals surface area (Å²) >= 11 is 0. The average Bonchev–Trinajstić information content (AvgIpc) is 2.58. The van der Waals surface area contributed by atoms with Gasteiger partial charge in [-0.25, -0.2) is 9.18 Å². The van der Waals surface area contributed by atoms with Gasteiger partial charge in [-0.15, -0.1) is 0 Å². The summed E-state index contributed by atoms with van der Waals surface area (Å²) in [5.74, 6) is -0.251. The lowest BCUT2D eigenvalue weighted by Crippen LogP contribution is -2.30. The van der Waals surface area contributed by atoms with E-state index in [2.05, 4.69) is 10.6 Å². The largest absolute Gasteiger partial charge is 0.349 e. The first kappa shape index (κ1) is 18.4. The van der Waals surface area contributed by atoms with Gasteiger partial charge in [-0.1, -0.05) is 30.3 Å². The van der Waals surface area contributed by atoms with E-state index < -0.39 is 0 Å². The molecule has 25 heavy (non-hydrogen) atoms. The molecule has 5 nitrogen and oxygen atoms in total. The molecule has 0 aliphatic heterocycles. The number of nitrogens with one attached hydrogen (secondary N) is 2. The van der Waals surface area contributed by atoms with Crippen molar-refractivity contribution in [3.8, 4) is 0 Å². The van der Waals surface area contributed by atoms with Gasteiger partial charge in [0.1, 0.15) is 5.82 Å². The fraction of sp³-hybridized carbons (Fsp3) is 0.263. The molecule has 0 atom stereocenters. The van der Waals surface area contributed by atoms with E-state index in [0.29, 0.717) is 30.6 Å². The molecule has 0 aromatic heterocycles. The molecule has 0 unspecified atom stereocenters. The first-order valence-electron chi connectivity index (χ1n) is 8.03. The molecule has 0 spiro atoms. The molecule has 2 aromatic carbocycles. The third-order valence-corrected chi connectivity index (χ3v) is 3.70. The van der Waals surface area contributed by atoms with Gasteiger partial charge >= 0.3 is 6.03 Å². The van der Waals surface area contributed by atoms with Gasteiger partial charge in [0.25, 0.3) is 0 Å². The molecule has 0 aliphatic carbocycles. The van der Waals surface area contributed by atoms with Crippen molar-refractivity contribution in [2.45, 2.75) is 12.8 Å². The third-order valence-electron chi connectivity index (χ3n) is 3.70. The van der Waals surface area contributed by atoms with Gasteiger partial charge in [0.05, 0.1) is 6.42 Å². The molecule has 132 valence electrons. The molecule has 0 saturated carbocycles. The fourth-order valence-corrected chi connectivity index (χ4v) is 2.23. The Balaban J connectivity index is 1.78. The van der Waals surface area contributed by atoms with E-state index in [4.69, 9.17) is 0 Å². The number of carbonyl (C=O) groups excluding carboxylic acids is 2. The van der Waals surface area contributed by atoms with Crippen LogP contribution in [0.25, 0.3) is 0 Å². The molecular weight excluding hydrogens is 321 g/mol. The van der Waals surface area contributed by atoms with Crippen molar-refractivity contribution in [3.63, 3.8) is 0 Å². The van der Waals surface area contributed by atoms with Crippen molar-refractivity contribution in [1.82, 2.24) is 10.2 Å². The first-order valence-corrected chi connectivity index (χ1v) is 8.03. The molecule has 0 saturated heterocycles. The number of hydrogen-bond donors (Lipinski definition) is 2. The Morgan fingerprint density at radius 3 is 2.36 bits per heavy atom. The third kappa shape index (κ3) is 5.91. The molecule has 2 N–H and O–H groups in total. The molecule has 2 aromatic rings. The highest BCUT2D eigenvalue weighted by atomic mass is 19.1. The Morgan fingerprint density at radius 2 is 1.72 bits per heavy atom. The molecule has 0 aliphatic rings. The number of rotatable bonds is 6. The van der Waals surface area contributed by atoms with Crippen LogP contribution in [-0.4, -0.2) is 37.5 Å². The lowest BCUT2D eigenvalue weighted by Gasteiger charge is -2.11. The van der Waals surface area contributed by atoms with Crippen molar-refractivity contribution in [3.05, 3.63) is 65.5 Å². The second-order valence-corrected chi connectivity index (χ2v) is 5.88. The number of benzene rings is 2. The summed E-state index contributed by atoms with van der Waals surface area (Å²) in [7, 11) is 3.42. The van der Waals surface area contributed by atoms with Crippen LogP contribution in [0.3, 0.4) is 0 Å². The second kappa shape index (κ2) is 8.82. The van der Waals surface area contributed by atoms with Crippen LogP contribution < -0.4 is 10.6 Å². The summed E-state index contributed by atoms with van der Waals surface area (Å²) in [6.07, 6.45) is 0.744. The van der Waals surface area contributed by atoms with Crippen molar-refractivity contribution in [1.29, 1.82) is 0 Å². The highest BCUT2D eigenvalue weighted by Crippen LogP contribution is 2.11. The maximum atomic E-state index is 13.5. The Labute approximate surface area is 146 Å². The van der Waals surface area contributed by atoms with Gasteiger partial charge in [0.15, 0.2) is 0 Å². The van der Waals surface area contributed by atoms with Crippen molar-refractivity contribution in [2.75, 3.05) is 26.0 Å². The number of nitrogens with zero attached hydrogens (tertiary/aromatic N) is 1. The van der Waals surface area contributed by atoms with Crippen LogP contribution in [0.1, 0.15) is 11.1 Å². The minimum Gasteiger partial charge on any atom is -0.349 e. The minimum atomic E-state index is -0.353.